The molecule has 0 amide bonds. The minimum Gasteiger partial charge on any atom is -0.497 e. The van der Waals surface area contributed by atoms with Gasteiger partial charge in [-0.3, -0.25) is 4.90 Å². The molecule has 0 spiro atoms. The number of fused-ring (bicyclic) bond motifs is 1. The molecule has 0 aliphatic carbocycles. The van der Waals surface area contributed by atoms with Crippen molar-refractivity contribution >= 4 is 0 Å². The van der Waals surface area contributed by atoms with E-state index in [-0.39, 0.29) is 24.5 Å². The highest BCUT2D eigenvalue weighted by Crippen LogP contribution is 2.38. The summed E-state index contributed by atoms with van der Waals surface area (Å²) in [5.41, 5.74) is 7.39. The zero-order chi connectivity index (χ0) is 14.0. The van der Waals surface area contributed by atoms with Crippen LogP contribution in [-0.4, -0.2) is 36.3 Å². The summed E-state index contributed by atoms with van der Waals surface area (Å²) < 4.78 is 19.2. The number of methoxy groups -OCH3 is 1. The molecule has 1 aromatic carbocycles. The number of halogens is 1. The van der Waals surface area contributed by atoms with E-state index in [1.54, 1.807) is 0 Å². The van der Waals surface area contributed by atoms with Gasteiger partial charge in [0, 0.05) is 36.8 Å². The van der Waals surface area contributed by atoms with Crippen molar-refractivity contribution in [3.05, 3.63) is 29.1 Å². The van der Waals surface area contributed by atoms with Gasteiger partial charge in [0.2, 0.25) is 0 Å². The molecule has 5 heteroatoms. The Bertz CT molecular complexity index is 449. The molecule has 0 aromatic heterocycles. The van der Waals surface area contributed by atoms with Crippen molar-refractivity contribution in [2.45, 2.75) is 32.0 Å². The van der Waals surface area contributed by atoms with Crippen LogP contribution in [0.4, 0.5) is 4.39 Å². The maximum atomic E-state index is 14.1. The fourth-order valence-corrected chi connectivity index (χ4v) is 2.80. The van der Waals surface area contributed by atoms with E-state index < -0.39 is 0 Å². The number of nitrogens with two attached hydrogens (primary N) is 1. The van der Waals surface area contributed by atoms with Crippen molar-refractivity contribution in [2.24, 2.45) is 5.73 Å². The second kappa shape index (κ2) is 5.86. The van der Waals surface area contributed by atoms with Crippen molar-refractivity contribution in [2.75, 3.05) is 20.3 Å². The van der Waals surface area contributed by atoms with Crippen LogP contribution < -0.4 is 10.5 Å². The predicted molar refractivity (Wildman–Crippen MR) is 71.5 cm³/mol. The van der Waals surface area contributed by atoms with Crippen LogP contribution in [0.5, 0.6) is 5.75 Å². The van der Waals surface area contributed by atoms with Gasteiger partial charge in [0.1, 0.15) is 11.6 Å². The lowest BCUT2D eigenvalue weighted by Gasteiger charge is -2.30. The minimum atomic E-state index is -0.261. The molecule has 1 heterocycles. The third-order valence-electron chi connectivity index (χ3n) is 3.91. The van der Waals surface area contributed by atoms with Crippen LogP contribution in [0.25, 0.3) is 0 Å². The molecular weight excluding hydrogens is 247 g/mol. The van der Waals surface area contributed by atoms with Crippen LogP contribution >= 0.6 is 0 Å². The molecule has 0 bridgehead atoms. The number of nitrogens with zero attached hydrogens (tertiary/aromatic N) is 1. The van der Waals surface area contributed by atoms with E-state index in [2.05, 4.69) is 4.90 Å². The Hall–Kier alpha value is -1.17. The summed E-state index contributed by atoms with van der Waals surface area (Å²) in [6.07, 6.45) is 0.805. The lowest BCUT2D eigenvalue weighted by Crippen LogP contribution is -2.38. The van der Waals surface area contributed by atoms with Gasteiger partial charge in [0.15, 0.2) is 0 Å². The quantitative estimate of drug-likeness (QED) is 0.848. The summed E-state index contributed by atoms with van der Waals surface area (Å²) in [4.78, 5) is 2.08. The Labute approximate surface area is 113 Å². The Morgan fingerprint density at radius 2 is 2.32 bits per heavy atom. The van der Waals surface area contributed by atoms with Crippen LogP contribution in [0.3, 0.4) is 0 Å². The number of ether oxygens (including phenoxy) is 1. The topological polar surface area (TPSA) is 58.7 Å². The second-order valence-electron chi connectivity index (χ2n) is 4.85. The first-order chi connectivity index (χ1) is 9.15. The van der Waals surface area contributed by atoms with Gasteiger partial charge in [-0.05, 0) is 18.1 Å². The Balaban J connectivity index is 2.40. The molecule has 106 valence electrons. The maximum Gasteiger partial charge on any atom is 0.131 e. The zero-order valence-corrected chi connectivity index (χ0v) is 11.4. The van der Waals surface area contributed by atoms with Gasteiger partial charge >= 0.3 is 0 Å². The summed E-state index contributed by atoms with van der Waals surface area (Å²) >= 11 is 0. The number of benzene rings is 1. The van der Waals surface area contributed by atoms with Crippen LogP contribution in [0.15, 0.2) is 12.1 Å². The molecule has 2 atom stereocenters. The van der Waals surface area contributed by atoms with Crippen molar-refractivity contribution in [3.63, 3.8) is 0 Å². The molecule has 3 N–H and O–H groups in total. The average molecular weight is 268 g/mol. The third-order valence-corrected chi connectivity index (χ3v) is 3.91. The molecule has 19 heavy (non-hydrogen) atoms. The van der Waals surface area contributed by atoms with E-state index in [4.69, 9.17) is 10.5 Å². The SMILES string of the molecule is CCC(CO)N1Cc2c(F)cc(OC)cc2C1CN. The van der Waals surface area contributed by atoms with Crippen LogP contribution in [0.1, 0.15) is 30.5 Å². The molecule has 0 radical (unpaired) electrons. The Morgan fingerprint density at radius 3 is 2.84 bits per heavy atom. The summed E-state index contributed by atoms with van der Waals surface area (Å²) in [6.45, 7) is 2.95. The highest BCUT2D eigenvalue weighted by atomic mass is 19.1. The summed E-state index contributed by atoms with van der Waals surface area (Å²) in [7, 11) is 1.52. The smallest absolute Gasteiger partial charge is 0.131 e. The lowest BCUT2D eigenvalue weighted by atomic mass is 10.0. The van der Waals surface area contributed by atoms with Crippen molar-refractivity contribution in [1.29, 1.82) is 0 Å². The molecular formula is C14H21FN2O2. The van der Waals surface area contributed by atoms with Crippen molar-refractivity contribution in [1.82, 2.24) is 4.90 Å². The number of hydrogen-bond donors (Lipinski definition) is 2. The molecule has 0 fully saturated rings. The largest absolute Gasteiger partial charge is 0.497 e. The molecule has 4 nitrogen and oxygen atoms in total. The second-order valence-corrected chi connectivity index (χ2v) is 4.85. The molecule has 1 aliphatic rings. The van der Waals surface area contributed by atoms with E-state index in [0.29, 0.717) is 24.4 Å². The van der Waals surface area contributed by atoms with Gasteiger partial charge in [0.05, 0.1) is 13.7 Å². The van der Waals surface area contributed by atoms with Gasteiger partial charge < -0.3 is 15.6 Å². The first-order valence-electron chi connectivity index (χ1n) is 6.59. The highest BCUT2D eigenvalue weighted by Gasteiger charge is 2.35. The van der Waals surface area contributed by atoms with E-state index in [9.17, 15) is 9.50 Å². The fraction of sp³-hybridized carbons (Fsp3) is 0.571. The fourth-order valence-electron chi connectivity index (χ4n) is 2.80. The highest BCUT2D eigenvalue weighted by molar-refractivity contribution is 5.42. The first kappa shape index (κ1) is 14.2. The van der Waals surface area contributed by atoms with Gasteiger partial charge in [-0.25, -0.2) is 4.39 Å². The van der Waals surface area contributed by atoms with E-state index in [1.165, 1.54) is 13.2 Å². The van der Waals surface area contributed by atoms with Crippen LogP contribution in [-0.2, 0) is 6.54 Å². The number of aliphatic hydroxyl groups is 1. The van der Waals surface area contributed by atoms with E-state index >= 15 is 0 Å². The van der Waals surface area contributed by atoms with Gasteiger partial charge in [0.25, 0.3) is 0 Å². The zero-order valence-electron chi connectivity index (χ0n) is 11.4. The maximum absolute atomic E-state index is 14.1. The number of rotatable bonds is 5. The molecule has 1 aliphatic heterocycles. The third kappa shape index (κ3) is 2.45. The summed E-state index contributed by atoms with van der Waals surface area (Å²) in [6, 6.07) is 3.19. The van der Waals surface area contributed by atoms with E-state index in [0.717, 1.165) is 12.0 Å². The van der Waals surface area contributed by atoms with Crippen LogP contribution in [0, 0.1) is 5.82 Å². The lowest BCUT2D eigenvalue weighted by molar-refractivity contribution is 0.0890. The van der Waals surface area contributed by atoms with Gasteiger partial charge in [-0.15, -0.1) is 0 Å². The molecule has 0 saturated carbocycles. The average Bonchev–Trinajstić information content (AvgIpc) is 2.79. The first-order valence-corrected chi connectivity index (χ1v) is 6.59. The van der Waals surface area contributed by atoms with Gasteiger partial charge in [-0.2, -0.15) is 0 Å². The molecule has 1 aromatic rings. The summed E-state index contributed by atoms with van der Waals surface area (Å²) in [5, 5.41) is 9.45. The van der Waals surface area contributed by atoms with Gasteiger partial charge in [-0.1, -0.05) is 6.92 Å². The Kier molecular flexibility index (Phi) is 4.39. The monoisotopic (exact) mass is 268 g/mol. The van der Waals surface area contributed by atoms with Crippen LogP contribution in [0.2, 0.25) is 0 Å². The normalized spacial score (nSPS) is 20.4. The molecule has 2 unspecified atom stereocenters. The van der Waals surface area contributed by atoms with Crippen molar-refractivity contribution < 1.29 is 14.2 Å². The molecule has 0 saturated heterocycles. The number of aliphatic hydroxyl groups excluding tert-OH is 1. The minimum absolute atomic E-state index is 0.00587. The molecule has 2 rings (SSSR count). The van der Waals surface area contributed by atoms with E-state index in [1.807, 2.05) is 13.0 Å². The summed E-state index contributed by atoms with van der Waals surface area (Å²) in [5.74, 6) is 0.247. The standard InChI is InChI=1S/C14H21FN2O2/c1-3-9(8-18)17-7-12-11(14(17)6-16)4-10(19-2)5-13(12)15/h4-5,9,14,18H,3,6-8,16H2,1-2H3. The van der Waals surface area contributed by atoms with Crippen molar-refractivity contribution in [3.8, 4) is 5.75 Å². The Morgan fingerprint density at radius 1 is 1.58 bits per heavy atom. The predicted octanol–water partition coefficient (Wildman–Crippen LogP) is 1.42. The number of hydrogen-bond acceptors (Lipinski definition) is 4.